The second-order valence-corrected chi connectivity index (χ2v) is 9.85. The van der Waals surface area contributed by atoms with Crippen molar-refractivity contribution < 1.29 is 9.53 Å². The first-order chi connectivity index (χ1) is 17.0. The molecular formula is C29H30ClN3O2. The van der Waals surface area contributed by atoms with Crippen LogP contribution >= 0.6 is 11.6 Å². The maximum absolute atomic E-state index is 12.9. The lowest BCUT2D eigenvalue weighted by Crippen LogP contribution is -2.24. The molecule has 1 aliphatic rings. The van der Waals surface area contributed by atoms with Gasteiger partial charge in [-0.2, -0.15) is 0 Å². The molecule has 1 saturated heterocycles. The van der Waals surface area contributed by atoms with Gasteiger partial charge in [-0.25, -0.2) is 4.98 Å². The average molecular weight is 488 g/mol. The van der Waals surface area contributed by atoms with E-state index < -0.39 is 0 Å². The maximum Gasteiger partial charge on any atom is 0.227 e. The molecule has 5 rings (SSSR count). The number of aromatic nitrogens is 2. The molecule has 180 valence electrons. The highest BCUT2D eigenvalue weighted by molar-refractivity contribution is 6.30. The fraction of sp³-hybridized carbons (Fsp3) is 0.310. The molecule has 1 aromatic heterocycles. The number of halogens is 1. The number of hydrogen-bond acceptors (Lipinski definition) is 3. The summed E-state index contributed by atoms with van der Waals surface area (Å²) in [6.45, 7) is 6.40. The zero-order chi connectivity index (χ0) is 24.4. The van der Waals surface area contributed by atoms with Gasteiger partial charge < -0.3 is 14.2 Å². The number of nitrogens with zero attached hydrogens (tertiary/aromatic N) is 3. The number of fused-ring (bicyclic) bond motifs is 1. The summed E-state index contributed by atoms with van der Waals surface area (Å²) in [6, 6.07) is 24.0. The van der Waals surface area contributed by atoms with Gasteiger partial charge >= 0.3 is 0 Å². The Morgan fingerprint density at radius 1 is 1.03 bits per heavy atom. The van der Waals surface area contributed by atoms with Crippen molar-refractivity contribution in [1.29, 1.82) is 0 Å². The Balaban J connectivity index is 1.30. The quantitative estimate of drug-likeness (QED) is 0.257. The van der Waals surface area contributed by atoms with Crippen LogP contribution in [0, 0.1) is 0 Å². The third-order valence-corrected chi connectivity index (χ3v) is 6.91. The van der Waals surface area contributed by atoms with Crippen LogP contribution in [-0.4, -0.2) is 28.6 Å². The van der Waals surface area contributed by atoms with Gasteiger partial charge in [-0.05, 0) is 66.4 Å². The van der Waals surface area contributed by atoms with Gasteiger partial charge in [0, 0.05) is 36.1 Å². The first-order valence-corrected chi connectivity index (χ1v) is 12.6. The predicted octanol–water partition coefficient (Wildman–Crippen LogP) is 6.80. The molecule has 1 atom stereocenters. The molecule has 0 aliphatic carbocycles. The minimum Gasteiger partial charge on any atom is -0.494 e. The maximum atomic E-state index is 12.9. The van der Waals surface area contributed by atoms with Gasteiger partial charge in [0.25, 0.3) is 0 Å². The van der Waals surface area contributed by atoms with E-state index in [9.17, 15) is 4.79 Å². The van der Waals surface area contributed by atoms with E-state index in [0.29, 0.717) is 30.5 Å². The minimum atomic E-state index is 0.0371. The topological polar surface area (TPSA) is 47.4 Å². The summed E-state index contributed by atoms with van der Waals surface area (Å²) in [7, 11) is 0. The number of carbonyl (C=O) groups is 1. The minimum absolute atomic E-state index is 0.0371. The average Bonchev–Trinajstić information content (AvgIpc) is 3.43. The van der Waals surface area contributed by atoms with Crippen molar-refractivity contribution in [1.82, 2.24) is 9.55 Å². The molecule has 0 spiro atoms. The van der Waals surface area contributed by atoms with Crippen LogP contribution in [0.15, 0.2) is 72.8 Å². The summed E-state index contributed by atoms with van der Waals surface area (Å²) in [5, 5.41) is 0.664. The summed E-state index contributed by atoms with van der Waals surface area (Å²) in [5.74, 6) is 2.52. The number of hydrogen-bond donors (Lipinski definition) is 0. The molecule has 3 aromatic carbocycles. The van der Waals surface area contributed by atoms with E-state index in [1.165, 1.54) is 5.56 Å². The Morgan fingerprint density at radius 3 is 2.51 bits per heavy atom. The number of imidazole rings is 1. The van der Waals surface area contributed by atoms with Gasteiger partial charge in [0.15, 0.2) is 0 Å². The number of benzene rings is 3. The molecule has 6 heteroatoms. The largest absolute Gasteiger partial charge is 0.494 e. The van der Waals surface area contributed by atoms with Crippen LogP contribution in [0.5, 0.6) is 5.75 Å². The van der Waals surface area contributed by atoms with Gasteiger partial charge in [-0.3, -0.25) is 4.79 Å². The number of aryl methyl sites for hydroxylation is 1. The zero-order valence-corrected chi connectivity index (χ0v) is 20.9. The number of carbonyl (C=O) groups excluding carboxylic acids is 1. The molecule has 1 unspecified atom stereocenters. The van der Waals surface area contributed by atoms with Gasteiger partial charge in [-0.1, -0.05) is 49.7 Å². The predicted molar refractivity (Wildman–Crippen MR) is 142 cm³/mol. The van der Waals surface area contributed by atoms with Crippen LogP contribution in [-0.2, 0) is 11.3 Å². The molecule has 0 saturated carbocycles. The molecule has 0 bridgehead atoms. The summed E-state index contributed by atoms with van der Waals surface area (Å²) in [5.41, 5.74) is 4.25. The summed E-state index contributed by atoms with van der Waals surface area (Å²) in [6.07, 6.45) is 1.30. The van der Waals surface area contributed by atoms with Crippen molar-refractivity contribution in [2.24, 2.45) is 0 Å². The first kappa shape index (κ1) is 23.4. The third-order valence-electron chi connectivity index (χ3n) is 6.65. The Labute approximate surface area is 211 Å². The molecule has 2 heterocycles. The summed E-state index contributed by atoms with van der Waals surface area (Å²) < 4.78 is 8.28. The summed E-state index contributed by atoms with van der Waals surface area (Å²) in [4.78, 5) is 19.7. The second-order valence-electron chi connectivity index (χ2n) is 9.42. The van der Waals surface area contributed by atoms with Crippen LogP contribution in [0.3, 0.4) is 0 Å². The molecule has 4 aromatic rings. The molecular weight excluding hydrogens is 458 g/mol. The smallest absolute Gasteiger partial charge is 0.227 e. The molecule has 1 fully saturated rings. The van der Waals surface area contributed by atoms with Crippen LogP contribution in [0.1, 0.15) is 49.9 Å². The lowest BCUT2D eigenvalue weighted by atomic mass is 10.0. The van der Waals surface area contributed by atoms with Crippen molar-refractivity contribution in [3.05, 3.63) is 89.2 Å². The van der Waals surface area contributed by atoms with Gasteiger partial charge in [-0.15, -0.1) is 0 Å². The number of amides is 1. The molecule has 35 heavy (non-hydrogen) atoms. The zero-order valence-electron chi connectivity index (χ0n) is 20.2. The van der Waals surface area contributed by atoms with E-state index in [-0.39, 0.29) is 11.8 Å². The van der Waals surface area contributed by atoms with Crippen LogP contribution in [0.4, 0.5) is 5.69 Å². The van der Waals surface area contributed by atoms with Gasteiger partial charge in [0.05, 0.1) is 17.6 Å². The second kappa shape index (κ2) is 10.1. The van der Waals surface area contributed by atoms with Crippen LogP contribution in [0.25, 0.3) is 11.0 Å². The van der Waals surface area contributed by atoms with Crippen molar-refractivity contribution >= 4 is 34.2 Å². The molecule has 1 amide bonds. The fourth-order valence-corrected chi connectivity index (χ4v) is 4.88. The van der Waals surface area contributed by atoms with E-state index in [2.05, 4.69) is 36.6 Å². The normalized spacial score (nSPS) is 15.9. The first-order valence-electron chi connectivity index (χ1n) is 12.2. The summed E-state index contributed by atoms with van der Waals surface area (Å²) >= 11 is 6.04. The monoisotopic (exact) mass is 487 g/mol. The number of anilines is 1. The SMILES string of the molecule is CC(C)c1ccc(OCCCn2c(C3CC(=O)N(c4ccc(Cl)cc4)C3)nc3ccccc32)cc1. The molecule has 5 nitrogen and oxygen atoms in total. The standard InChI is InChI=1S/C29H30ClN3O2/c1-20(2)21-8-14-25(15-9-21)35-17-5-16-32-27-7-4-3-6-26(27)31-29(32)22-18-28(34)33(19-22)24-12-10-23(30)11-13-24/h3-4,6-15,20,22H,5,16-19H2,1-2H3. The van der Waals surface area contributed by atoms with Gasteiger partial charge in [0.1, 0.15) is 11.6 Å². The Hall–Kier alpha value is -3.31. The van der Waals surface area contributed by atoms with E-state index in [1.54, 1.807) is 0 Å². The lowest BCUT2D eigenvalue weighted by Gasteiger charge is -2.17. The molecule has 1 aliphatic heterocycles. The third kappa shape index (κ3) is 5.06. The van der Waals surface area contributed by atoms with Crippen molar-refractivity contribution in [2.75, 3.05) is 18.1 Å². The van der Waals surface area contributed by atoms with E-state index >= 15 is 0 Å². The highest BCUT2D eigenvalue weighted by Gasteiger charge is 2.34. The van der Waals surface area contributed by atoms with Crippen molar-refractivity contribution in [2.45, 2.75) is 45.1 Å². The Bertz CT molecular complexity index is 1310. The van der Waals surface area contributed by atoms with Crippen LogP contribution < -0.4 is 9.64 Å². The molecule has 0 N–H and O–H groups in total. The number of ether oxygens (including phenoxy) is 1. The molecule has 0 radical (unpaired) electrons. The van der Waals surface area contributed by atoms with Gasteiger partial charge in [0.2, 0.25) is 5.91 Å². The highest BCUT2D eigenvalue weighted by atomic mass is 35.5. The van der Waals surface area contributed by atoms with E-state index in [0.717, 1.165) is 41.3 Å². The highest BCUT2D eigenvalue weighted by Crippen LogP contribution is 2.33. The fourth-order valence-electron chi connectivity index (χ4n) is 4.75. The number of para-hydroxylation sites is 2. The number of rotatable bonds is 8. The van der Waals surface area contributed by atoms with E-state index in [1.807, 2.05) is 59.5 Å². The van der Waals surface area contributed by atoms with Crippen molar-refractivity contribution in [3.63, 3.8) is 0 Å². The Morgan fingerprint density at radius 2 is 1.77 bits per heavy atom. The Kier molecular flexibility index (Phi) is 6.78. The van der Waals surface area contributed by atoms with Crippen molar-refractivity contribution in [3.8, 4) is 5.75 Å². The van der Waals surface area contributed by atoms with E-state index in [4.69, 9.17) is 21.3 Å². The lowest BCUT2D eigenvalue weighted by molar-refractivity contribution is -0.117. The van der Waals surface area contributed by atoms with Crippen LogP contribution in [0.2, 0.25) is 5.02 Å².